The Kier molecular flexibility index (Phi) is 11.4. The third-order valence-corrected chi connectivity index (χ3v) is 13.5. The van der Waals surface area contributed by atoms with E-state index in [0.717, 1.165) is 45.5 Å². The molecule has 2 aliphatic heterocycles. The van der Waals surface area contributed by atoms with Gasteiger partial charge in [0.15, 0.2) is 0 Å². The van der Waals surface area contributed by atoms with Gasteiger partial charge in [0.1, 0.15) is 35.1 Å². The average molecular weight is 862 g/mol. The number of nitrogens with zero attached hydrogens (tertiary/aromatic N) is 6. The van der Waals surface area contributed by atoms with E-state index in [0.29, 0.717) is 0 Å². The predicted octanol–water partition coefficient (Wildman–Crippen LogP) is 5.32. The molecule has 10 rings (SSSR count). The SMILES string of the molecule is CN(C1=C/C(=C\c2sc3ccccc3[n+]2C)c2ccccc2N1c1ccccc1)N(C)C1=C/C(=C\c2sc3ccccc3[n+]2C)c2ccccc2N1c1ccccc1.[Cl-].[Cl-]. The number of fused-ring (bicyclic) bond motifs is 4. The van der Waals surface area contributed by atoms with Gasteiger partial charge in [-0.3, -0.25) is 19.8 Å². The van der Waals surface area contributed by atoms with E-state index in [9.17, 15) is 0 Å². The first kappa shape index (κ1) is 40.6. The van der Waals surface area contributed by atoms with Crippen LogP contribution in [0.4, 0.5) is 22.7 Å². The summed E-state index contributed by atoms with van der Waals surface area (Å²) in [5, 5.41) is 6.96. The molecule has 2 aliphatic rings. The fraction of sp³-hybridized carbons (Fsp3) is 0.0800. The molecule has 0 bridgehead atoms. The Bertz CT molecular complexity index is 2780. The maximum atomic E-state index is 2.38. The zero-order valence-corrected chi connectivity index (χ0v) is 36.7. The van der Waals surface area contributed by atoms with Crippen molar-refractivity contribution in [2.75, 3.05) is 23.9 Å². The summed E-state index contributed by atoms with van der Waals surface area (Å²) in [4.78, 5) is 4.76. The molecule has 0 atom stereocenters. The molecule has 0 saturated carbocycles. The number of thiazole rings is 2. The van der Waals surface area contributed by atoms with Crippen molar-refractivity contribution in [2.24, 2.45) is 14.1 Å². The summed E-state index contributed by atoms with van der Waals surface area (Å²) in [6.45, 7) is 0. The molecule has 0 radical (unpaired) electrons. The Balaban J connectivity index is 0.00000249. The van der Waals surface area contributed by atoms with Crippen molar-refractivity contribution >= 4 is 89.2 Å². The monoisotopic (exact) mass is 860 g/mol. The van der Waals surface area contributed by atoms with Crippen LogP contribution in [-0.4, -0.2) is 24.1 Å². The van der Waals surface area contributed by atoms with Gasteiger partial charge in [0, 0.05) is 60.9 Å². The number of hydrogen-bond acceptors (Lipinski definition) is 6. The molecule has 60 heavy (non-hydrogen) atoms. The Morgan fingerprint density at radius 1 is 0.450 bits per heavy atom. The summed E-state index contributed by atoms with van der Waals surface area (Å²) in [5.74, 6) is 2.05. The molecule has 10 heteroatoms. The lowest BCUT2D eigenvalue weighted by atomic mass is 9.97. The van der Waals surface area contributed by atoms with Crippen molar-refractivity contribution < 1.29 is 33.9 Å². The maximum absolute atomic E-state index is 2.38. The van der Waals surface area contributed by atoms with Crippen molar-refractivity contribution in [1.82, 2.24) is 10.0 Å². The highest BCUT2D eigenvalue weighted by molar-refractivity contribution is 7.19. The van der Waals surface area contributed by atoms with Crippen LogP contribution < -0.4 is 43.7 Å². The number of rotatable bonds is 7. The quantitative estimate of drug-likeness (QED) is 0.160. The lowest BCUT2D eigenvalue weighted by Gasteiger charge is -2.46. The molecule has 2 aromatic heterocycles. The lowest BCUT2D eigenvalue weighted by molar-refractivity contribution is -0.642. The molecular weight excluding hydrogens is 820 g/mol. The number of anilines is 4. The van der Waals surface area contributed by atoms with Crippen LogP contribution in [0.5, 0.6) is 0 Å². The van der Waals surface area contributed by atoms with Crippen molar-refractivity contribution in [1.29, 1.82) is 0 Å². The zero-order valence-electron chi connectivity index (χ0n) is 33.6. The minimum absolute atomic E-state index is 0. The van der Waals surface area contributed by atoms with Crippen LogP contribution >= 0.6 is 22.7 Å². The van der Waals surface area contributed by atoms with E-state index in [4.69, 9.17) is 0 Å². The maximum Gasteiger partial charge on any atom is 0.263 e. The number of aryl methyl sites for hydroxylation is 2. The smallest absolute Gasteiger partial charge is 0.263 e. The predicted molar refractivity (Wildman–Crippen MR) is 243 cm³/mol. The van der Waals surface area contributed by atoms with E-state index in [1.807, 2.05) is 22.7 Å². The summed E-state index contributed by atoms with van der Waals surface area (Å²) < 4.78 is 7.14. The molecule has 0 fully saturated rings. The average Bonchev–Trinajstić information content (AvgIpc) is 3.77. The fourth-order valence-corrected chi connectivity index (χ4v) is 10.3. The number of hydrazine groups is 1. The first-order valence-corrected chi connectivity index (χ1v) is 21.1. The van der Waals surface area contributed by atoms with Crippen LogP contribution in [0, 0.1) is 0 Å². The van der Waals surface area contributed by atoms with Gasteiger partial charge in [0.25, 0.3) is 10.0 Å². The second kappa shape index (κ2) is 16.8. The van der Waals surface area contributed by atoms with Gasteiger partial charge >= 0.3 is 0 Å². The van der Waals surface area contributed by atoms with Crippen LogP contribution in [0.3, 0.4) is 0 Å². The second-order valence-electron chi connectivity index (χ2n) is 14.6. The Morgan fingerprint density at radius 3 is 1.20 bits per heavy atom. The Hall–Kier alpha value is -6.16. The van der Waals surface area contributed by atoms with Gasteiger partial charge in [-0.15, -0.1) is 0 Å². The van der Waals surface area contributed by atoms with Gasteiger partial charge in [-0.1, -0.05) is 120 Å². The summed E-state index contributed by atoms with van der Waals surface area (Å²) in [5.41, 5.74) is 11.6. The van der Waals surface area contributed by atoms with Gasteiger partial charge < -0.3 is 24.8 Å². The molecule has 298 valence electrons. The molecule has 0 saturated heterocycles. The number of allylic oxidation sites excluding steroid dienone is 4. The van der Waals surface area contributed by atoms with Crippen molar-refractivity contribution in [3.8, 4) is 0 Å². The molecule has 6 aromatic carbocycles. The standard InChI is InChI=1S/C50H42N6S2.2ClH/c1-51-43-27-15-17-29-45(43)57-49(51)33-35-31-47(55(37-19-7-5-8-20-37)41-25-13-11-23-39(35)41)53(3)54(4)48-32-36(34-50-52(2)44-28-16-18-30-46(44)58-50)40-24-12-14-26-42(40)56(48)38-21-9-6-10-22-38;;/h5-34H,1-4H3;2*1H/q+2;;/p-2. The van der Waals surface area contributed by atoms with E-state index >= 15 is 0 Å². The fourth-order valence-electron chi connectivity index (χ4n) is 8.11. The lowest BCUT2D eigenvalue weighted by Crippen LogP contribution is -3.00. The first-order chi connectivity index (χ1) is 28.4. The van der Waals surface area contributed by atoms with E-state index in [2.05, 4.69) is 239 Å². The number of aromatic nitrogens is 2. The summed E-state index contributed by atoms with van der Waals surface area (Å²) in [6, 6.07) is 56.2. The summed E-state index contributed by atoms with van der Waals surface area (Å²) >= 11 is 3.64. The van der Waals surface area contributed by atoms with E-state index in [1.54, 1.807) is 0 Å². The van der Waals surface area contributed by atoms with Gasteiger partial charge in [0.05, 0.1) is 11.4 Å². The summed E-state index contributed by atoms with van der Waals surface area (Å²) in [6.07, 6.45) is 9.37. The minimum Gasteiger partial charge on any atom is -1.00 e. The molecule has 0 N–H and O–H groups in total. The summed E-state index contributed by atoms with van der Waals surface area (Å²) in [7, 11) is 8.67. The van der Waals surface area contributed by atoms with Crippen molar-refractivity contribution in [3.63, 3.8) is 0 Å². The Labute approximate surface area is 371 Å². The van der Waals surface area contributed by atoms with E-state index in [1.165, 1.54) is 41.6 Å². The highest BCUT2D eigenvalue weighted by Gasteiger charge is 2.33. The largest absolute Gasteiger partial charge is 1.00 e. The van der Waals surface area contributed by atoms with Gasteiger partial charge in [0.2, 0.25) is 11.0 Å². The zero-order chi connectivity index (χ0) is 39.3. The third kappa shape index (κ3) is 7.05. The van der Waals surface area contributed by atoms with E-state index < -0.39 is 0 Å². The van der Waals surface area contributed by atoms with Crippen molar-refractivity contribution in [3.05, 3.63) is 203 Å². The molecule has 0 amide bonds. The van der Waals surface area contributed by atoms with Crippen LogP contribution in [0.15, 0.2) is 182 Å². The molecule has 0 spiro atoms. The minimum atomic E-state index is 0. The first-order valence-electron chi connectivity index (χ1n) is 19.4. The number of halogens is 2. The van der Waals surface area contributed by atoms with Gasteiger partial charge in [-0.05, 0) is 71.8 Å². The van der Waals surface area contributed by atoms with Crippen LogP contribution in [0.1, 0.15) is 21.1 Å². The highest BCUT2D eigenvalue weighted by atomic mass is 35.5. The van der Waals surface area contributed by atoms with Crippen LogP contribution in [0.2, 0.25) is 0 Å². The number of benzene rings is 6. The second-order valence-corrected chi connectivity index (χ2v) is 16.7. The molecule has 4 heterocycles. The van der Waals surface area contributed by atoms with E-state index in [-0.39, 0.29) is 24.8 Å². The Morgan fingerprint density at radius 2 is 0.800 bits per heavy atom. The van der Waals surface area contributed by atoms with Gasteiger partial charge in [-0.25, -0.2) is 0 Å². The highest BCUT2D eigenvalue weighted by Crippen LogP contribution is 2.46. The number of hydrogen-bond donors (Lipinski definition) is 0. The molecule has 8 aromatic rings. The molecule has 0 unspecified atom stereocenters. The topological polar surface area (TPSA) is 20.7 Å². The normalized spacial score (nSPS) is 14.6. The number of para-hydroxylation sites is 6. The molecular formula is C50H42Cl2N6S2. The third-order valence-electron chi connectivity index (χ3n) is 11.2. The molecule has 6 nitrogen and oxygen atoms in total. The van der Waals surface area contributed by atoms with Gasteiger partial charge in [-0.2, -0.15) is 9.13 Å². The molecule has 0 aliphatic carbocycles. The van der Waals surface area contributed by atoms with Crippen molar-refractivity contribution in [2.45, 2.75) is 0 Å². The van der Waals surface area contributed by atoms with Crippen LogP contribution in [0.25, 0.3) is 43.7 Å². The van der Waals surface area contributed by atoms with Crippen LogP contribution in [-0.2, 0) is 14.1 Å².